The Morgan fingerprint density at radius 2 is 1.39 bits per heavy atom. The van der Waals surface area contributed by atoms with Gasteiger partial charge in [0.15, 0.2) is 0 Å². The molecule has 0 bridgehead atoms. The highest BCUT2D eigenvalue weighted by molar-refractivity contribution is 14.1. The summed E-state index contributed by atoms with van der Waals surface area (Å²) in [6, 6.07) is 2.12. The van der Waals surface area contributed by atoms with Crippen LogP contribution in [0.1, 0.15) is 29.6 Å². The molecule has 0 aromatic heterocycles. The van der Waals surface area contributed by atoms with Crippen molar-refractivity contribution < 1.29 is 45.1 Å². The van der Waals surface area contributed by atoms with E-state index in [9.17, 15) is 40.6 Å². The zero-order valence-electron chi connectivity index (χ0n) is 22.1. The van der Waals surface area contributed by atoms with E-state index >= 15 is 0 Å². The van der Waals surface area contributed by atoms with Gasteiger partial charge in [-0.2, -0.15) is 16.8 Å². The number of carbonyl (C=O) groups is 4. The van der Waals surface area contributed by atoms with E-state index < -0.39 is 67.6 Å². The van der Waals surface area contributed by atoms with Crippen LogP contribution in [0.5, 0.6) is 0 Å². The number of benzene rings is 1. The lowest BCUT2D eigenvalue weighted by Gasteiger charge is -2.23. The van der Waals surface area contributed by atoms with Gasteiger partial charge in [0.05, 0.1) is 5.75 Å². The van der Waals surface area contributed by atoms with Crippen molar-refractivity contribution in [1.82, 2.24) is 21.3 Å². The van der Waals surface area contributed by atoms with Gasteiger partial charge < -0.3 is 32.3 Å². The van der Waals surface area contributed by atoms with Crippen LogP contribution < -0.4 is 32.3 Å². The summed E-state index contributed by atoms with van der Waals surface area (Å²) in [6.45, 7) is 1.04. The maximum Gasteiger partial charge on any atom is 0.267 e. The van der Waals surface area contributed by atoms with Gasteiger partial charge in [-0.05, 0) is 50.6 Å². The van der Waals surface area contributed by atoms with Crippen LogP contribution in [0.4, 0.5) is 5.69 Å². The van der Waals surface area contributed by atoms with Crippen LogP contribution in [0.15, 0.2) is 24.3 Å². The maximum absolute atomic E-state index is 12.7. The standard InChI is InChI=1S/C22H35IN6O10S2/c1-25-17(12-40(34,35)36)21(32)29-18(13-41(37,38)39)22(33)28-16(19(24)30)4-2-3-10-27-20(31)14-5-7-15(8-6-14)26-11-9-23/h5-8,16-18,25-26H,2-4,9-13H2,1H3,(H2,24,30)(H,27,31)(H,28,33)(H,29,32)(H,34,35,36)(H,37,38,39). The van der Waals surface area contributed by atoms with Gasteiger partial charge in [0.1, 0.15) is 23.9 Å². The van der Waals surface area contributed by atoms with Crippen molar-refractivity contribution in [3.05, 3.63) is 29.8 Å². The number of alkyl halides is 1. The molecule has 3 atom stereocenters. The van der Waals surface area contributed by atoms with E-state index in [1.165, 1.54) is 7.05 Å². The second kappa shape index (κ2) is 17.4. The Morgan fingerprint density at radius 3 is 1.90 bits per heavy atom. The smallest absolute Gasteiger partial charge is 0.267 e. The number of likely N-dealkylation sites (N-methyl/N-ethyl adjacent to an activating group) is 1. The topological polar surface area (TPSA) is 263 Å². The molecule has 0 fully saturated rings. The third-order valence-electron chi connectivity index (χ3n) is 5.49. The van der Waals surface area contributed by atoms with Crippen LogP contribution in [0.25, 0.3) is 0 Å². The van der Waals surface area contributed by atoms with Crippen molar-refractivity contribution in [2.75, 3.05) is 41.4 Å². The molecule has 1 aromatic carbocycles. The van der Waals surface area contributed by atoms with Crippen LogP contribution in [0.2, 0.25) is 0 Å². The van der Waals surface area contributed by atoms with Crippen molar-refractivity contribution in [2.24, 2.45) is 5.73 Å². The Kier molecular flexibility index (Phi) is 15.5. The van der Waals surface area contributed by atoms with Gasteiger partial charge in [0.2, 0.25) is 17.7 Å². The van der Waals surface area contributed by atoms with Gasteiger partial charge >= 0.3 is 0 Å². The average molecular weight is 735 g/mol. The lowest BCUT2D eigenvalue weighted by molar-refractivity contribution is -0.131. The van der Waals surface area contributed by atoms with E-state index in [-0.39, 0.29) is 18.9 Å². The summed E-state index contributed by atoms with van der Waals surface area (Å²) >= 11 is 2.24. The van der Waals surface area contributed by atoms with E-state index in [1.54, 1.807) is 24.3 Å². The first-order valence-electron chi connectivity index (χ1n) is 12.2. The van der Waals surface area contributed by atoms with Gasteiger partial charge in [-0.25, -0.2) is 0 Å². The van der Waals surface area contributed by atoms with Crippen LogP contribution in [0, 0.1) is 0 Å². The summed E-state index contributed by atoms with van der Waals surface area (Å²) in [6.07, 6.45) is 0.701. The minimum atomic E-state index is -4.82. The molecule has 0 aliphatic carbocycles. The van der Waals surface area contributed by atoms with Crippen LogP contribution in [0.3, 0.4) is 0 Å². The fourth-order valence-corrected chi connectivity index (χ4v) is 5.10. The molecule has 3 unspecified atom stereocenters. The van der Waals surface area contributed by atoms with Crippen LogP contribution >= 0.6 is 22.6 Å². The first kappa shape index (κ1) is 36.4. The fraction of sp³-hybridized carbons (Fsp3) is 0.545. The molecule has 0 saturated carbocycles. The van der Waals surface area contributed by atoms with E-state index in [2.05, 4.69) is 43.9 Å². The number of rotatable bonds is 19. The van der Waals surface area contributed by atoms with Gasteiger partial charge in [0.25, 0.3) is 26.1 Å². The maximum atomic E-state index is 12.7. The Morgan fingerprint density at radius 1 is 0.854 bits per heavy atom. The van der Waals surface area contributed by atoms with Crippen molar-refractivity contribution >= 4 is 72.1 Å². The number of hydrogen-bond donors (Lipinski definition) is 8. The largest absolute Gasteiger partial charge is 0.384 e. The fourth-order valence-electron chi connectivity index (χ4n) is 3.43. The van der Waals surface area contributed by atoms with Gasteiger partial charge in [-0.15, -0.1) is 0 Å². The molecule has 4 amide bonds. The second-order valence-electron chi connectivity index (χ2n) is 8.81. The highest BCUT2D eigenvalue weighted by atomic mass is 127. The summed E-state index contributed by atoms with van der Waals surface area (Å²) in [5.41, 5.74) is 6.69. The molecule has 0 saturated heterocycles. The molecular weight excluding hydrogens is 699 g/mol. The monoisotopic (exact) mass is 734 g/mol. The first-order valence-corrected chi connectivity index (χ1v) is 17.0. The molecule has 0 spiro atoms. The molecule has 9 N–H and O–H groups in total. The lowest BCUT2D eigenvalue weighted by atomic mass is 10.1. The highest BCUT2D eigenvalue weighted by Gasteiger charge is 2.32. The molecule has 0 radical (unpaired) electrons. The minimum Gasteiger partial charge on any atom is -0.384 e. The predicted octanol–water partition coefficient (Wildman–Crippen LogP) is -1.75. The molecule has 1 aromatic rings. The molecule has 19 heteroatoms. The number of hydrogen-bond acceptors (Lipinski definition) is 10. The Labute approximate surface area is 252 Å². The van der Waals surface area contributed by atoms with Crippen molar-refractivity contribution in [3.63, 3.8) is 0 Å². The number of nitrogens with two attached hydrogens (primary N) is 1. The van der Waals surface area contributed by atoms with E-state index in [0.717, 1.165) is 16.7 Å². The number of anilines is 1. The molecular formula is C22H35IN6O10S2. The summed E-state index contributed by atoms with van der Waals surface area (Å²) in [5.74, 6) is -6.01. The van der Waals surface area contributed by atoms with Gasteiger partial charge in [0, 0.05) is 28.8 Å². The van der Waals surface area contributed by atoms with Crippen LogP contribution in [-0.4, -0.2) is 104 Å². The molecule has 1 rings (SSSR count). The lowest BCUT2D eigenvalue weighted by Crippen LogP contribution is -2.58. The minimum absolute atomic E-state index is 0.00254. The Bertz CT molecular complexity index is 1260. The van der Waals surface area contributed by atoms with E-state index in [4.69, 9.17) is 10.3 Å². The summed E-state index contributed by atoms with van der Waals surface area (Å²) in [5, 5.41) is 12.4. The van der Waals surface area contributed by atoms with Crippen molar-refractivity contribution in [2.45, 2.75) is 37.4 Å². The normalized spacial score (nSPS) is 13.9. The van der Waals surface area contributed by atoms with Crippen LogP contribution in [-0.2, 0) is 34.6 Å². The molecule has 232 valence electrons. The van der Waals surface area contributed by atoms with E-state index in [0.29, 0.717) is 18.4 Å². The number of unbranched alkanes of at least 4 members (excludes halogenated alkanes) is 1. The number of carbonyl (C=O) groups excluding carboxylic acids is 4. The molecule has 16 nitrogen and oxygen atoms in total. The van der Waals surface area contributed by atoms with E-state index in [1.807, 2.05) is 5.32 Å². The highest BCUT2D eigenvalue weighted by Crippen LogP contribution is 2.10. The molecule has 0 heterocycles. The van der Waals surface area contributed by atoms with Crippen molar-refractivity contribution in [1.29, 1.82) is 0 Å². The predicted molar refractivity (Wildman–Crippen MR) is 159 cm³/mol. The van der Waals surface area contributed by atoms with Crippen molar-refractivity contribution in [3.8, 4) is 0 Å². The third-order valence-corrected chi connectivity index (χ3v) is 7.54. The Balaban J connectivity index is 2.70. The zero-order chi connectivity index (χ0) is 31.2. The average Bonchev–Trinajstić information content (AvgIpc) is 2.87. The van der Waals surface area contributed by atoms with Gasteiger partial charge in [-0.3, -0.25) is 28.3 Å². The third kappa shape index (κ3) is 15.3. The summed E-state index contributed by atoms with van der Waals surface area (Å²) in [7, 11) is -8.27. The molecule has 41 heavy (non-hydrogen) atoms. The Hall–Kier alpha value is -2.59. The second-order valence-corrected chi connectivity index (χ2v) is 12.9. The number of amides is 4. The number of nitrogens with one attached hydrogen (secondary N) is 5. The number of halogens is 1. The summed E-state index contributed by atoms with van der Waals surface area (Å²) in [4.78, 5) is 49.3. The first-order chi connectivity index (χ1) is 19.1. The molecule has 0 aliphatic heterocycles. The van der Waals surface area contributed by atoms with Gasteiger partial charge in [-0.1, -0.05) is 22.6 Å². The SMILES string of the molecule is CNC(CS(=O)(=O)O)C(=O)NC(CS(=O)(=O)O)C(=O)NC(CCCCNC(=O)c1ccc(NCCI)cc1)C(N)=O. The number of primary amides is 1. The molecule has 0 aliphatic rings. The summed E-state index contributed by atoms with van der Waals surface area (Å²) < 4.78 is 64.2. The zero-order valence-corrected chi connectivity index (χ0v) is 25.9. The quantitative estimate of drug-likeness (QED) is 0.0341.